The summed E-state index contributed by atoms with van der Waals surface area (Å²) in [4.78, 5) is 26.0. The number of anilines is 1. The van der Waals surface area contributed by atoms with Crippen LogP contribution in [0.5, 0.6) is 0 Å². The van der Waals surface area contributed by atoms with E-state index in [1.807, 2.05) is 62.4 Å². The molecule has 1 amide bonds. The number of carbonyl (C=O) groups excluding carboxylic acids is 1. The molecule has 1 N–H and O–H groups in total. The minimum atomic E-state index is -0.312. The lowest BCUT2D eigenvalue weighted by Crippen LogP contribution is -2.15. The van der Waals surface area contributed by atoms with Crippen LogP contribution in [0.1, 0.15) is 27.0 Å². The van der Waals surface area contributed by atoms with Crippen molar-refractivity contribution in [1.29, 1.82) is 0 Å². The predicted octanol–water partition coefficient (Wildman–Crippen LogP) is 5.64. The molecule has 4 nitrogen and oxygen atoms in total. The van der Waals surface area contributed by atoms with Crippen LogP contribution in [-0.4, -0.2) is 5.91 Å². The molecule has 0 unspecified atom stereocenters. The Balaban J connectivity index is 1.86. The Bertz CT molecular complexity index is 1290. The summed E-state index contributed by atoms with van der Waals surface area (Å²) in [5.74, 6) is 0.170. The van der Waals surface area contributed by atoms with Gasteiger partial charge in [-0.25, -0.2) is 0 Å². The van der Waals surface area contributed by atoms with Gasteiger partial charge in [0.05, 0.1) is 10.9 Å². The molecule has 0 aliphatic rings. The Morgan fingerprint density at radius 3 is 2.38 bits per heavy atom. The van der Waals surface area contributed by atoms with Crippen LogP contribution in [0.3, 0.4) is 0 Å². The van der Waals surface area contributed by atoms with Crippen molar-refractivity contribution in [3.05, 3.63) is 99.2 Å². The minimum absolute atomic E-state index is 0.133. The first-order chi connectivity index (χ1) is 14.0. The zero-order valence-electron chi connectivity index (χ0n) is 16.6. The van der Waals surface area contributed by atoms with Crippen molar-refractivity contribution >= 4 is 22.6 Å². The SMILES string of the molecule is Cc1ccc(NC(=O)c2cccc3c(=O)c(C)c(-c4ccccc4)oc23)c(C)c1. The fourth-order valence-corrected chi connectivity index (χ4v) is 3.50. The van der Waals surface area contributed by atoms with Crippen LogP contribution >= 0.6 is 0 Å². The third-order valence-corrected chi connectivity index (χ3v) is 5.06. The number of benzene rings is 3. The minimum Gasteiger partial charge on any atom is -0.455 e. The maximum absolute atomic E-state index is 13.0. The number of hydrogen-bond acceptors (Lipinski definition) is 3. The lowest BCUT2D eigenvalue weighted by atomic mass is 10.0. The zero-order valence-corrected chi connectivity index (χ0v) is 16.6. The van der Waals surface area contributed by atoms with Crippen molar-refractivity contribution in [3.63, 3.8) is 0 Å². The highest BCUT2D eigenvalue weighted by atomic mass is 16.3. The van der Waals surface area contributed by atoms with Crippen molar-refractivity contribution in [2.45, 2.75) is 20.8 Å². The summed E-state index contributed by atoms with van der Waals surface area (Å²) in [5, 5.41) is 3.34. The summed E-state index contributed by atoms with van der Waals surface area (Å²) in [6.45, 7) is 5.70. The summed E-state index contributed by atoms with van der Waals surface area (Å²) in [6, 6.07) is 20.4. The second-order valence-electron chi connectivity index (χ2n) is 7.21. The fraction of sp³-hybridized carbons (Fsp3) is 0.120. The highest BCUT2D eigenvalue weighted by molar-refractivity contribution is 6.11. The van der Waals surface area contributed by atoms with Crippen molar-refractivity contribution in [2.24, 2.45) is 0 Å². The van der Waals surface area contributed by atoms with Crippen molar-refractivity contribution in [1.82, 2.24) is 0 Å². The topological polar surface area (TPSA) is 59.3 Å². The van der Waals surface area contributed by atoms with E-state index in [2.05, 4.69) is 5.32 Å². The molecule has 1 aromatic heterocycles. The lowest BCUT2D eigenvalue weighted by Gasteiger charge is -2.12. The summed E-state index contributed by atoms with van der Waals surface area (Å²) < 4.78 is 6.14. The summed E-state index contributed by atoms with van der Waals surface area (Å²) in [7, 11) is 0. The van der Waals surface area contributed by atoms with Crippen molar-refractivity contribution < 1.29 is 9.21 Å². The summed E-state index contributed by atoms with van der Waals surface area (Å²) in [6.07, 6.45) is 0. The van der Waals surface area contributed by atoms with Gasteiger partial charge in [0.1, 0.15) is 5.76 Å². The predicted molar refractivity (Wildman–Crippen MR) is 117 cm³/mol. The molecule has 0 atom stereocenters. The van der Waals surface area contributed by atoms with Gasteiger partial charge in [-0.05, 0) is 44.5 Å². The third-order valence-electron chi connectivity index (χ3n) is 5.06. The zero-order chi connectivity index (χ0) is 20.5. The Morgan fingerprint density at radius 2 is 1.66 bits per heavy atom. The number of aryl methyl sites for hydroxylation is 2. The number of para-hydroxylation sites is 1. The van der Waals surface area contributed by atoms with E-state index in [0.29, 0.717) is 27.9 Å². The number of amides is 1. The van der Waals surface area contributed by atoms with Gasteiger partial charge in [-0.1, -0.05) is 54.1 Å². The van der Waals surface area contributed by atoms with E-state index in [-0.39, 0.29) is 11.3 Å². The molecule has 4 rings (SSSR count). The molecule has 29 heavy (non-hydrogen) atoms. The Labute approximate surface area is 168 Å². The highest BCUT2D eigenvalue weighted by Gasteiger charge is 2.18. The molecule has 0 aliphatic heterocycles. The Hall–Kier alpha value is -3.66. The van der Waals surface area contributed by atoms with Gasteiger partial charge in [0.2, 0.25) is 0 Å². The van der Waals surface area contributed by atoms with Gasteiger partial charge in [0, 0.05) is 16.8 Å². The number of nitrogens with one attached hydrogen (secondary N) is 1. The largest absolute Gasteiger partial charge is 0.455 e. The monoisotopic (exact) mass is 383 g/mol. The first-order valence-corrected chi connectivity index (χ1v) is 9.46. The quantitative estimate of drug-likeness (QED) is 0.498. The average molecular weight is 383 g/mol. The number of hydrogen-bond donors (Lipinski definition) is 1. The maximum atomic E-state index is 13.0. The van der Waals surface area contributed by atoms with E-state index in [9.17, 15) is 9.59 Å². The van der Waals surface area contributed by atoms with E-state index in [0.717, 1.165) is 22.4 Å². The van der Waals surface area contributed by atoms with Crippen LogP contribution < -0.4 is 10.7 Å². The van der Waals surface area contributed by atoms with E-state index in [1.54, 1.807) is 25.1 Å². The van der Waals surface area contributed by atoms with Crippen LogP contribution in [0.4, 0.5) is 5.69 Å². The standard InChI is InChI=1S/C25H21NO3/c1-15-12-13-21(16(2)14-15)26-25(28)20-11-7-10-19-22(27)17(3)23(29-24(19)20)18-8-5-4-6-9-18/h4-14H,1-3H3,(H,26,28). The summed E-state index contributed by atoms with van der Waals surface area (Å²) >= 11 is 0. The number of rotatable bonds is 3. The van der Waals surface area contributed by atoms with Gasteiger partial charge in [0.25, 0.3) is 5.91 Å². The molecule has 0 fully saturated rings. The number of fused-ring (bicyclic) bond motifs is 1. The van der Waals surface area contributed by atoms with Crippen LogP contribution in [0.2, 0.25) is 0 Å². The molecular formula is C25H21NO3. The highest BCUT2D eigenvalue weighted by Crippen LogP contribution is 2.28. The van der Waals surface area contributed by atoms with Gasteiger partial charge in [-0.15, -0.1) is 0 Å². The van der Waals surface area contributed by atoms with Crippen LogP contribution in [-0.2, 0) is 0 Å². The second kappa shape index (κ2) is 7.40. The molecule has 3 aromatic carbocycles. The third kappa shape index (κ3) is 3.45. The van der Waals surface area contributed by atoms with E-state index >= 15 is 0 Å². The summed E-state index contributed by atoms with van der Waals surface area (Å²) in [5.41, 5.74) is 4.65. The van der Waals surface area contributed by atoms with Crippen LogP contribution in [0.15, 0.2) is 75.9 Å². The maximum Gasteiger partial charge on any atom is 0.259 e. The molecule has 1 heterocycles. The first kappa shape index (κ1) is 18.7. The normalized spacial score (nSPS) is 10.9. The van der Waals surface area contributed by atoms with Gasteiger partial charge in [-0.2, -0.15) is 0 Å². The van der Waals surface area contributed by atoms with E-state index in [4.69, 9.17) is 4.42 Å². The van der Waals surface area contributed by atoms with Gasteiger partial charge in [-0.3, -0.25) is 9.59 Å². The Morgan fingerprint density at radius 1 is 0.897 bits per heavy atom. The van der Waals surface area contributed by atoms with Gasteiger partial charge in [0.15, 0.2) is 11.0 Å². The Kier molecular flexibility index (Phi) is 4.77. The van der Waals surface area contributed by atoms with Crippen LogP contribution in [0, 0.1) is 20.8 Å². The van der Waals surface area contributed by atoms with E-state index in [1.165, 1.54) is 0 Å². The smallest absolute Gasteiger partial charge is 0.259 e. The first-order valence-electron chi connectivity index (χ1n) is 9.46. The molecule has 0 spiro atoms. The van der Waals surface area contributed by atoms with Gasteiger partial charge < -0.3 is 9.73 Å². The molecule has 0 aliphatic carbocycles. The molecule has 0 saturated heterocycles. The van der Waals surface area contributed by atoms with Crippen LogP contribution in [0.25, 0.3) is 22.3 Å². The van der Waals surface area contributed by atoms with Gasteiger partial charge >= 0.3 is 0 Å². The average Bonchev–Trinajstić information content (AvgIpc) is 2.73. The molecule has 0 radical (unpaired) electrons. The number of carbonyl (C=O) groups is 1. The fourth-order valence-electron chi connectivity index (χ4n) is 3.50. The van der Waals surface area contributed by atoms with E-state index < -0.39 is 0 Å². The molecule has 4 aromatic rings. The molecule has 0 bridgehead atoms. The molecule has 4 heteroatoms. The molecule has 144 valence electrons. The molecular weight excluding hydrogens is 362 g/mol. The molecule has 0 saturated carbocycles. The van der Waals surface area contributed by atoms with Crippen molar-refractivity contribution in [3.8, 4) is 11.3 Å². The second-order valence-corrected chi connectivity index (χ2v) is 7.21. The lowest BCUT2D eigenvalue weighted by molar-refractivity contribution is 0.102. The van der Waals surface area contributed by atoms with Crippen molar-refractivity contribution in [2.75, 3.05) is 5.32 Å².